The molecule has 0 spiro atoms. The van der Waals surface area contributed by atoms with Crippen LogP contribution in [0.1, 0.15) is 32.6 Å². The summed E-state index contributed by atoms with van der Waals surface area (Å²) < 4.78 is 13.8. The van der Waals surface area contributed by atoms with E-state index in [1.54, 1.807) is 18.5 Å². The molecule has 0 amide bonds. The van der Waals surface area contributed by atoms with Crippen LogP contribution >= 0.6 is 11.6 Å². The summed E-state index contributed by atoms with van der Waals surface area (Å²) in [7, 11) is 0. The van der Waals surface area contributed by atoms with Crippen LogP contribution in [0.5, 0.6) is 0 Å². The first-order valence-electron chi connectivity index (χ1n) is 11.1. The Morgan fingerprint density at radius 3 is 2.94 bits per heavy atom. The molecule has 5 rings (SSSR count). The summed E-state index contributed by atoms with van der Waals surface area (Å²) >= 11 is 6.00. The highest BCUT2D eigenvalue weighted by molar-refractivity contribution is 6.30. The molecule has 2 aromatic heterocycles. The van der Waals surface area contributed by atoms with E-state index in [0.29, 0.717) is 34.6 Å². The zero-order chi connectivity index (χ0) is 22.2. The Morgan fingerprint density at radius 2 is 2.16 bits per heavy atom. The van der Waals surface area contributed by atoms with Crippen molar-refractivity contribution in [3.05, 3.63) is 41.4 Å². The predicted octanol–water partition coefficient (Wildman–Crippen LogP) is 4.46. The molecule has 1 saturated carbocycles. The number of rotatable bonds is 7. The lowest BCUT2D eigenvalue weighted by Crippen LogP contribution is -2.42. The molecular formula is C23H26ClFN6O. The van der Waals surface area contributed by atoms with E-state index in [2.05, 4.69) is 37.5 Å². The first-order chi connectivity index (χ1) is 15.5. The van der Waals surface area contributed by atoms with Gasteiger partial charge in [-0.2, -0.15) is 10.2 Å². The standard InChI is InChI=1S/C23H26ClFN6O/c1-13-4-14(12-31(11-13)20-10-27-30-23-19(20)9-26-29-23)5-21(32)22(15-2-3-15)28-18-7-16(24)6-17(25)8-18/h6-10,13-15,22,28H,2-5,11-12H2,1H3,(H,26,29,30)/t13-,14-,22+/m0/s1. The Morgan fingerprint density at radius 1 is 1.31 bits per heavy atom. The second-order valence-corrected chi connectivity index (χ2v) is 9.70. The van der Waals surface area contributed by atoms with Gasteiger partial charge in [0.2, 0.25) is 0 Å². The predicted molar refractivity (Wildman–Crippen MR) is 122 cm³/mol. The Balaban J connectivity index is 1.30. The molecule has 1 aromatic carbocycles. The number of nitrogens with zero attached hydrogens (tertiary/aromatic N) is 4. The van der Waals surface area contributed by atoms with Crippen LogP contribution in [0.15, 0.2) is 30.6 Å². The second-order valence-electron chi connectivity index (χ2n) is 9.26. The number of aromatic nitrogens is 4. The average molecular weight is 457 g/mol. The molecule has 3 atom stereocenters. The number of hydrogen-bond donors (Lipinski definition) is 2. The van der Waals surface area contributed by atoms with Gasteiger partial charge in [0.1, 0.15) is 5.82 Å². The zero-order valence-electron chi connectivity index (χ0n) is 17.9. The number of benzene rings is 1. The molecule has 1 aliphatic carbocycles. The van der Waals surface area contributed by atoms with Crippen LogP contribution < -0.4 is 10.2 Å². The molecule has 0 unspecified atom stereocenters. The summed E-state index contributed by atoms with van der Waals surface area (Å²) in [6.07, 6.45) is 7.07. The van der Waals surface area contributed by atoms with Gasteiger partial charge in [0.15, 0.2) is 11.4 Å². The number of aromatic amines is 1. The Labute approximate surface area is 190 Å². The van der Waals surface area contributed by atoms with E-state index in [0.717, 1.165) is 43.4 Å². The number of halogens is 2. The minimum Gasteiger partial charge on any atom is -0.375 e. The summed E-state index contributed by atoms with van der Waals surface area (Å²) in [6.45, 7) is 3.91. The fraction of sp³-hybridized carbons (Fsp3) is 0.478. The summed E-state index contributed by atoms with van der Waals surface area (Å²) in [5, 5.41) is 19.7. The fourth-order valence-electron chi connectivity index (χ4n) is 4.95. The normalized spacial score (nSPS) is 22.2. The summed E-state index contributed by atoms with van der Waals surface area (Å²) in [5.41, 5.74) is 2.23. The molecule has 1 aliphatic heterocycles. The Bertz CT molecular complexity index is 1110. The monoisotopic (exact) mass is 456 g/mol. The second kappa shape index (κ2) is 8.65. The number of piperidine rings is 1. The molecule has 32 heavy (non-hydrogen) atoms. The van der Waals surface area contributed by atoms with E-state index in [-0.39, 0.29) is 17.7 Å². The molecule has 2 N–H and O–H groups in total. The van der Waals surface area contributed by atoms with Gasteiger partial charge in [0, 0.05) is 30.2 Å². The highest BCUT2D eigenvalue weighted by Gasteiger charge is 2.38. The van der Waals surface area contributed by atoms with E-state index >= 15 is 0 Å². The highest BCUT2D eigenvalue weighted by Crippen LogP contribution is 2.37. The van der Waals surface area contributed by atoms with Gasteiger partial charge in [-0.1, -0.05) is 18.5 Å². The Hall–Kier alpha value is -2.74. The van der Waals surface area contributed by atoms with Crippen molar-refractivity contribution < 1.29 is 9.18 Å². The van der Waals surface area contributed by atoms with Gasteiger partial charge in [-0.05, 0) is 55.2 Å². The number of H-pyrrole nitrogens is 1. The summed E-state index contributed by atoms with van der Waals surface area (Å²) in [6, 6.07) is 4.03. The number of carbonyl (C=O) groups excluding carboxylic acids is 1. The van der Waals surface area contributed by atoms with Crippen molar-refractivity contribution in [2.24, 2.45) is 17.8 Å². The maximum absolute atomic E-state index is 13.8. The molecule has 2 fully saturated rings. The average Bonchev–Trinajstić information content (AvgIpc) is 3.46. The molecule has 2 aliphatic rings. The van der Waals surface area contributed by atoms with Crippen molar-refractivity contribution in [1.29, 1.82) is 0 Å². The molecule has 0 radical (unpaired) electrons. The van der Waals surface area contributed by atoms with Gasteiger partial charge in [0.05, 0.1) is 29.5 Å². The van der Waals surface area contributed by atoms with Crippen molar-refractivity contribution in [3.8, 4) is 0 Å². The Kier molecular flexibility index (Phi) is 5.71. The SMILES string of the molecule is C[C@H]1C[C@@H](CC(=O)[C@H](Nc2cc(F)cc(Cl)c2)C2CC2)CN(c2cnnc3[nH]ncc23)C1. The number of fused-ring (bicyclic) bond motifs is 1. The number of hydrogen-bond acceptors (Lipinski definition) is 6. The first kappa shape index (κ1) is 21.1. The minimum atomic E-state index is -0.407. The molecule has 168 valence electrons. The lowest BCUT2D eigenvalue weighted by molar-refractivity contribution is -0.121. The molecule has 7 nitrogen and oxygen atoms in total. The molecule has 3 heterocycles. The van der Waals surface area contributed by atoms with E-state index in [1.807, 2.05) is 0 Å². The lowest BCUT2D eigenvalue weighted by Gasteiger charge is -2.38. The largest absolute Gasteiger partial charge is 0.375 e. The van der Waals surface area contributed by atoms with Crippen molar-refractivity contribution in [1.82, 2.24) is 20.4 Å². The van der Waals surface area contributed by atoms with Crippen molar-refractivity contribution in [2.45, 2.75) is 38.6 Å². The van der Waals surface area contributed by atoms with Crippen LogP contribution in [-0.2, 0) is 4.79 Å². The van der Waals surface area contributed by atoms with E-state index in [9.17, 15) is 9.18 Å². The summed E-state index contributed by atoms with van der Waals surface area (Å²) in [4.78, 5) is 15.6. The maximum atomic E-state index is 13.8. The zero-order valence-corrected chi connectivity index (χ0v) is 18.6. The van der Waals surface area contributed by atoms with Crippen molar-refractivity contribution >= 4 is 39.8 Å². The molecular weight excluding hydrogens is 431 g/mol. The van der Waals surface area contributed by atoms with Gasteiger partial charge in [-0.15, -0.1) is 5.10 Å². The maximum Gasteiger partial charge on any atom is 0.179 e. The molecule has 9 heteroatoms. The van der Waals surface area contributed by atoms with Crippen LogP contribution in [0.3, 0.4) is 0 Å². The number of ketones is 1. The van der Waals surface area contributed by atoms with Gasteiger partial charge in [0.25, 0.3) is 0 Å². The van der Waals surface area contributed by atoms with Crippen LogP contribution in [0.2, 0.25) is 5.02 Å². The third kappa shape index (κ3) is 4.55. The van der Waals surface area contributed by atoms with Crippen LogP contribution in [0.4, 0.5) is 15.8 Å². The lowest BCUT2D eigenvalue weighted by atomic mass is 9.85. The van der Waals surface area contributed by atoms with Crippen LogP contribution in [-0.4, -0.2) is 45.3 Å². The van der Waals surface area contributed by atoms with Crippen molar-refractivity contribution in [2.75, 3.05) is 23.3 Å². The first-order valence-corrected chi connectivity index (χ1v) is 11.5. The number of carbonyl (C=O) groups is 1. The number of anilines is 2. The quantitative estimate of drug-likeness (QED) is 0.546. The van der Waals surface area contributed by atoms with Crippen LogP contribution in [0, 0.1) is 23.6 Å². The topological polar surface area (TPSA) is 86.8 Å². The molecule has 0 bridgehead atoms. The van der Waals surface area contributed by atoms with E-state index in [1.165, 1.54) is 12.1 Å². The highest BCUT2D eigenvalue weighted by atomic mass is 35.5. The van der Waals surface area contributed by atoms with Gasteiger partial charge in [-0.3, -0.25) is 9.89 Å². The third-order valence-corrected chi connectivity index (χ3v) is 6.65. The number of Topliss-reactive ketones (excluding diaryl/α,β-unsaturated/α-hetero) is 1. The number of nitrogens with one attached hydrogen (secondary N) is 2. The summed E-state index contributed by atoms with van der Waals surface area (Å²) in [5.74, 6) is 0.770. The fourth-order valence-corrected chi connectivity index (χ4v) is 5.17. The van der Waals surface area contributed by atoms with Gasteiger partial charge < -0.3 is 10.2 Å². The van der Waals surface area contributed by atoms with Gasteiger partial charge in [-0.25, -0.2) is 4.39 Å². The smallest absolute Gasteiger partial charge is 0.179 e. The van der Waals surface area contributed by atoms with E-state index in [4.69, 9.17) is 11.6 Å². The third-order valence-electron chi connectivity index (χ3n) is 6.43. The van der Waals surface area contributed by atoms with Crippen LogP contribution in [0.25, 0.3) is 11.0 Å². The molecule has 1 saturated heterocycles. The molecule has 3 aromatic rings. The van der Waals surface area contributed by atoms with Crippen molar-refractivity contribution in [3.63, 3.8) is 0 Å². The van der Waals surface area contributed by atoms with E-state index < -0.39 is 5.82 Å². The minimum absolute atomic E-state index is 0.188. The van der Waals surface area contributed by atoms with Gasteiger partial charge >= 0.3 is 0 Å².